The highest BCUT2D eigenvalue weighted by molar-refractivity contribution is 5.39. The number of hydrogen-bond acceptors (Lipinski definition) is 4. The van der Waals surface area contributed by atoms with Crippen molar-refractivity contribution in [2.75, 3.05) is 0 Å². The van der Waals surface area contributed by atoms with Crippen LogP contribution in [0.4, 0.5) is 11.4 Å². The summed E-state index contributed by atoms with van der Waals surface area (Å²) in [5.74, 6) is 0. The molecule has 1 heterocycles. The highest BCUT2D eigenvalue weighted by Gasteiger charge is 1.91. The van der Waals surface area contributed by atoms with Gasteiger partial charge >= 0.3 is 0 Å². The van der Waals surface area contributed by atoms with Gasteiger partial charge in [0.05, 0.1) is 29.5 Å². The van der Waals surface area contributed by atoms with E-state index < -0.39 is 0 Å². The highest BCUT2D eigenvalue weighted by atomic mass is 15.4. The Bertz CT molecular complexity index is 832. The third-order valence-corrected chi connectivity index (χ3v) is 3.24. The predicted molar refractivity (Wildman–Crippen MR) is 98.4 cm³/mol. The van der Waals surface area contributed by atoms with Gasteiger partial charge in [0.15, 0.2) is 0 Å². The Morgan fingerprint density at radius 3 is 1.52 bits per heavy atom. The Morgan fingerprint density at radius 2 is 1.08 bits per heavy atom. The molecule has 0 atom stereocenters. The lowest BCUT2D eigenvalue weighted by Crippen LogP contribution is -1.93. The molecule has 5 nitrogen and oxygen atoms in total. The summed E-state index contributed by atoms with van der Waals surface area (Å²) in [5.41, 5.74) is 2.78. The van der Waals surface area contributed by atoms with Crippen molar-refractivity contribution in [3.05, 3.63) is 103 Å². The van der Waals surface area contributed by atoms with Crippen LogP contribution in [-0.2, 0) is 0 Å². The van der Waals surface area contributed by atoms with Crippen LogP contribution >= 0.6 is 0 Å². The van der Waals surface area contributed by atoms with Crippen molar-refractivity contribution >= 4 is 11.4 Å². The Hall–Kier alpha value is -3.60. The molecule has 0 spiro atoms. The van der Waals surface area contributed by atoms with Gasteiger partial charge in [-0.05, 0) is 36.4 Å². The van der Waals surface area contributed by atoms with Crippen molar-refractivity contribution in [3.8, 4) is 5.69 Å². The molecule has 0 amide bonds. The molecule has 0 aliphatic heterocycles. The molecule has 3 aromatic carbocycles. The van der Waals surface area contributed by atoms with E-state index in [4.69, 9.17) is 0 Å². The second-order valence-electron chi connectivity index (χ2n) is 5.05. The number of aromatic nitrogens is 3. The maximum atomic E-state index is 4.10. The van der Waals surface area contributed by atoms with Crippen molar-refractivity contribution in [3.63, 3.8) is 0 Å². The van der Waals surface area contributed by atoms with Crippen molar-refractivity contribution in [1.29, 1.82) is 0 Å². The van der Waals surface area contributed by atoms with Crippen LogP contribution in [0.2, 0.25) is 0 Å². The fraction of sp³-hybridized carbons (Fsp3) is 0. The molecule has 0 unspecified atom stereocenters. The summed E-state index contributed by atoms with van der Waals surface area (Å²) >= 11 is 0. The molecule has 0 N–H and O–H groups in total. The quantitative estimate of drug-likeness (QED) is 0.475. The Labute approximate surface area is 146 Å². The normalized spacial score (nSPS) is 10.2. The van der Waals surface area contributed by atoms with Gasteiger partial charge in [0.25, 0.3) is 0 Å². The van der Waals surface area contributed by atoms with Gasteiger partial charge in [0.1, 0.15) is 0 Å². The zero-order chi connectivity index (χ0) is 17.2. The number of nitrogens with zero attached hydrogens (tertiary/aromatic N) is 5. The summed E-state index contributed by atoms with van der Waals surface area (Å²) in [6.45, 7) is 0. The minimum atomic E-state index is 0.872. The van der Waals surface area contributed by atoms with E-state index in [1.54, 1.807) is 10.9 Å². The summed E-state index contributed by atoms with van der Waals surface area (Å²) in [4.78, 5) is 0. The topological polar surface area (TPSA) is 55.4 Å². The molecule has 4 rings (SSSR count). The maximum absolute atomic E-state index is 4.10. The first-order chi connectivity index (χ1) is 12.4. The molecule has 0 saturated carbocycles. The molecule has 0 bridgehead atoms. The van der Waals surface area contributed by atoms with E-state index in [9.17, 15) is 0 Å². The number of benzene rings is 3. The minimum absolute atomic E-state index is 0.872. The van der Waals surface area contributed by atoms with Crippen molar-refractivity contribution in [1.82, 2.24) is 15.0 Å². The van der Waals surface area contributed by atoms with E-state index in [-0.39, 0.29) is 0 Å². The largest absolute Gasteiger partial charge is 0.221 e. The third kappa shape index (κ3) is 5.21. The van der Waals surface area contributed by atoms with Gasteiger partial charge in [-0.2, -0.15) is 10.2 Å². The van der Waals surface area contributed by atoms with Gasteiger partial charge in [-0.25, -0.2) is 4.68 Å². The molecular weight excluding hydrogens is 310 g/mol. The summed E-state index contributed by atoms with van der Waals surface area (Å²) in [6.07, 6.45) is 3.47. The highest BCUT2D eigenvalue weighted by Crippen LogP contribution is 2.16. The molecule has 0 fully saturated rings. The van der Waals surface area contributed by atoms with E-state index in [0.717, 1.165) is 17.1 Å². The fourth-order valence-electron chi connectivity index (χ4n) is 2.03. The summed E-state index contributed by atoms with van der Waals surface area (Å²) in [6, 6.07) is 29.3. The Morgan fingerprint density at radius 1 is 0.600 bits per heavy atom. The second kappa shape index (κ2) is 8.88. The Balaban J connectivity index is 0.000000150. The van der Waals surface area contributed by atoms with Crippen molar-refractivity contribution < 1.29 is 0 Å². The molecule has 1 aromatic heterocycles. The minimum Gasteiger partial charge on any atom is -0.221 e. The van der Waals surface area contributed by atoms with Gasteiger partial charge < -0.3 is 0 Å². The molecular formula is C20H17N5. The number of hydrogen-bond donors (Lipinski definition) is 0. The van der Waals surface area contributed by atoms with Crippen LogP contribution in [-0.4, -0.2) is 15.0 Å². The predicted octanol–water partition coefficient (Wildman–Crippen LogP) is 5.37. The molecule has 25 heavy (non-hydrogen) atoms. The lowest BCUT2D eigenvalue weighted by Gasteiger charge is -1.96. The zero-order valence-corrected chi connectivity index (χ0v) is 13.6. The lowest BCUT2D eigenvalue weighted by molar-refractivity contribution is 0.803. The van der Waals surface area contributed by atoms with Crippen molar-refractivity contribution in [2.45, 2.75) is 0 Å². The van der Waals surface area contributed by atoms with Gasteiger partial charge in [0, 0.05) is 0 Å². The monoisotopic (exact) mass is 327 g/mol. The van der Waals surface area contributed by atoms with Crippen molar-refractivity contribution in [2.24, 2.45) is 10.2 Å². The molecule has 0 aliphatic carbocycles. The summed E-state index contributed by atoms with van der Waals surface area (Å²) in [5, 5.41) is 15.8. The SMILES string of the molecule is c1ccc(-n2ccnn2)cc1.c1ccc(N=Nc2ccccc2)cc1. The summed E-state index contributed by atoms with van der Waals surface area (Å²) < 4.78 is 1.72. The van der Waals surface area contributed by atoms with Crippen LogP contribution in [0.15, 0.2) is 114 Å². The van der Waals surface area contributed by atoms with E-state index in [1.165, 1.54) is 0 Å². The third-order valence-electron chi connectivity index (χ3n) is 3.24. The Kier molecular flexibility index (Phi) is 5.78. The van der Waals surface area contributed by atoms with Crippen LogP contribution in [0.25, 0.3) is 5.69 Å². The zero-order valence-electron chi connectivity index (χ0n) is 13.6. The molecule has 0 radical (unpaired) electrons. The van der Waals surface area contributed by atoms with E-state index in [1.807, 2.05) is 97.2 Å². The molecule has 4 aromatic rings. The molecule has 122 valence electrons. The lowest BCUT2D eigenvalue weighted by atomic mass is 10.3. The maximum Gasteiger partial charge on any atom is 0.0857 e. The van der Waals surface area contributed by atoms with Crippen LogP contribution in [0, 0.1) is 0 Å². The van der Waals surface area contributed by atoms with E-state index >= 15 is 0 Å². The smallest absolute Gasteiger partial charge is 0.0857 e. The number of azo groups is 1. The number of rotatable bonds is 3. The van der Waals surface area contributed by atoms with Crippen LogP contribution < -0.4 is 0 Å². The number of para-hydroxylation sites is 1. The van der Waals surface area contributed by atoms with E-state index in [2.05, 4.69) is 20.5 Å². The summed E-state index contributed by atoms with van der Waals surface area (Å²) in [7, 11) is 0. The van der Waals surface area contributed by atoms with Crippen LogP contribution in [0.1, 0.15) is 0 Å². The van der Waals surface area contributed by atoms with Crippen LogP contribution in [0.5, 0.6) is 0 Å². The standard InChI is InChI=1S/C12H10N2.C8H7N3/c1-3-7-11(8-4-1)13-14-12-9-5-2-6-10-12;1-2-4-8(5-3-1)11-7-6-9-10-11/h1-10H;1-7H. The molecule has 5 heteroatoms. The first-order valence-corrected chi connectivity index (χ1v) is 7.85. The van der Waals surface area contributed by atoms with E-state index in [0.29, 0.717) is 0 Å². The van der Waals surface area contributed by atoms with Gasteiger partial charge in [-0.15, -0.1) is 5.10 Å². The van der Waals surface area contributed by atoms with Crippen LogP contribution in [0.3, 0.4) is 0 Å². The second-order valence-corrected chi connectivity index (χ2v) is 5.05. The average molecular weight is 327 g/mol. The first-order valence-electron chi connectivity index (χ1n) is 7.85. The van der Waals surface area contributed by atoms with Gasteiger partial charge in [-0.3, -0.25) is 0 Å². The molecule has 0 aliphatic rings. The van der Waals surface area contributed by atoms with Gasteiger partial charge in [-0.1, -0.05) is 59.8 Å². The average Bonchev–Trinajstić information content (AvgIpc) is 3.24. The first kappa shape index (κ1) is 16.3. The fourth-order valence-corrected chi connectivity index (χ4v) is 2.03. The molecule has 0 saturated heterocycles. The van der Waals surface area contributed by atoms with Gasteiger partial charge in [0.2, 0.25) is 0 Å².